The summed E-state index contributed by atoms with van der Waals surface area (Å²) in [5, 5.41) is 19.9. The van der Waals surface area contributed by atoms with Gasteiger partial charge in [-0.1, -0.05) is 55.1 Å². The van der Waals surface area contributed by atoms with Crippen molar-refractivity contribution in [3.05, 3.63) is 66.2 Å². The Morgan fingerprint density at radius 1 is 1.12 bits per heavy atom. The van der Waals surface area contributed by atoms with Crippen LogP contribution in [0, 0.1) is 5.92 Å². The Morgan fingerprint density at radius 3 is 2.35 bits per heavy atom. The Kier molecular flexibility index (Phi) is 6.32. The third kappa shape index (κ3) is 4.27. The number of rotatable bonds is 5. The van der Waals surface area contributed by atoms with Gasteiger partial charge in [0.05, 0.1) is 18.3 Å². The molecule has 0 bridgehead atoms. The Morgan fingerprint density at radius 2 is 1.73 bits per heavy atom. The lowest BCUT2D eigenvalue weighted by molar-refractivity contribution is -0.178. The van der Waals surface area contributed by atoms with Crippen molar-refractivity contribution in [1.82, 2.24) is 0 Å². The number of hydrogen-bond donors (Lipinski definition) is 2. The number of carbonyl (C=O) groups is 1. The maximum Gasteiger partial charge on any atom is 0.338 e. The van der Waals surface area contributed by atoms with Gasteiger partial charge in [-0.05, 0) is 24.3 Å². The average molecular weight is 374 g/mol. The molecule has 138 valence electrons. The molecular weight excluding hydrogens is 352 g/mol. The SMILES string of the molecule is C[C@@H]1C(OC(=O)c2ccccc2)[C@H](Sc2ccccc2)OC(CO)[C@@H]1O. The minimum absolute atomic E-state index is 0.295. The van der Waals surface area contributed by atoms with Gasteiger partial charge in [-0.2, -0.15) is 0 Å². The van der Waals surface area contributed by atoms with Gasteiger partial charge in [0.25, 0.3) is 0 Å². The van der Waals surface area contributed by atoms with Gasteiger partial charge < -0.3 is 19.7 Å². The summed E-state index contributed by atoms with van der Waals surface area (Å²) < 4.78 is 11.6. The number of esters is 1. The molecule has 2 unspecified atom stereocenters. The van der Waals surface area contributed by atoms with Crippen molar-refractivity contribution < 1.29 is 24.5 Å². The van der Waals surface area contributed by atoms with Gasteiger partial charge in [-0.15, -0.1) is 0 Å². The van der Waals surface area contributed by atoms with Crippen LogP contribution in [0.5, 0.6) is 0 Å². The molecule has 1 saturated heterocycles. The molecule has 0 spiro atoms. The Labute approximate surface area is 157 Å². The van der Waals surface area contributed by atoms with Crippen LogP contribution in [0.1, 0.15) is 17.3 Å². The second-order valence-corrected chi connectivity index (χ2v) is 7.41. The number of thioether (sulfide) groups is 1. The minimum atomic E-state index is -0.916. The lowest BCUT2D eigenvalue weighted by Crippen LogP contribution is -2.54. The fourth-order valence-electron chi connectivity index (χ4n) is 2.92. The first-order valence-electron chi connectivity index (χ1n) is 8.52. The van der Waals surface area contributed by atoms with Crippen LogP contribution in [-0.4, -0.2) is 46.5 Å². The van der Waals surface area contributed by atoms with E-state index in [-0.39, 0.29) is 12.5 Å². The van der Waals surface area contributed by atoms with E-state index in [2.05, 4.69) is 0 Å². The van der Waals surface area contributed by atoms with Gasteiger partial charge in [0.1, 0.15) is 17.6 Å². The quantitative estimate of drug-likeness (QED) is 0.784. The molecule has 2 N–H and O–H groups in total. The van der Waals surface area contributed by atoms with Crippen LogP contribution in [0.25, 0.3) is 0 Å². The van der Waals surface area contributed by atoms with Gasteiger partial charge in [-0.25, -0.2) is 4.79 Å². The molecule has 0 aromatic heterocycles. The first-order valence-corrected chi connectivity index (χ1v) is 9.40. The van der Waals surface area contributed by atoms with Crippen molar-refractivity contribution in [3.8, 4) is 0 Å². The number of aliphatic hydroxyl groups is 2. The van der Waals surface area contributed by atoms with Gasteiger partial charge in [0.2, 0.25) is 0 Å². The monoisotopic (exact) mass is 374 g/mol. The molecule has 0 radical (unpaired) electrons. The van der Waals surface area contributed by atoms with E-state index in [1.165, 1.54) is 11.8 Å². The molecule has 0 saturated carbocycles. The number of carbonyl (C=O) groups excluding carboxylic acids is 1. The van der Waals surface area contributed by atoms with Crippen LogP contribution < -0.4 is 0 Å². The van der Waals surface area contributed by atoms with E-state index in [1.54, 1.807) is 31.2 Å². The summed E-state index contributed by atoms with van der Waals surface area (Å²) in [6.07, 6.45) is -2.27. The van der Waals surface area contributed by atoms with Crippen molar-refractivity contribution in [2.24, 2.45) is 5.92 Å². The van der Waals surface area contributed by atoms with E-state index < -0.39 is 29.7 Å². The highest BCUT2D eigenvalue weighted by molar-refractivity contribution is 7.99. The van der Waals surface area contributed by atoms with Crippen LogP contribution in [0.15, 0.2) is 65.6 Å². The van der Waals surface area contributed by atoms with E-state index in [9.17, 15) is 15.0 Å². The zero-order chi connectivity index (χ0) is 18.5. The molecule has 0 amide bonds. The summed E-state index contributed by atoms with van der Waals surface area (Å²) in [5.41, 5.74) is -0.0810. The summed E-state index contributed by atoms with van der Waals surface area (Å²) in [7, 11) is 0. The third-order valence-corrected chi connectivity index (χ3v) is 5.60. The number of aliphatic hydroxyl groups excluding tert-OH is 2. The maximum atomic E-state index is 12.5. The van der Waals surface area contributed by atoms with Gasteiger partial charge >= 0.3 is 5.97 Å². The van der Waals surface area contributed by atoms with Crippen LogP contribution in [0.4, 0.5) is 0 Å². The lowest BCUT2D eigenvalue weighted by Gasteiger charge is -2.42. The van der Waals surface area contributed by atoms with E-state index >= 15 is 0 Å². The van der Waals surface area contributed by atoms with Crippen molar-refractivity contribution >= 4 is 17.7 Å². The summed E-state index contributed by atoms with van der Waals surface area (Å²) in [6.45, 7) is 1.51. The van der Waals surface area contributed by atoms with Crippen LogP contribution in [-0.2, 0) is 9.47 Å². The van der Waals surface area contributed by atoms with Crippen LogP contribution >= 0.6 is 11.8 Å². The summed E-state index contributed by atoms with van der Waals surface area (Å²) in [4.78, 5) is 13.5. The smallest absolute Gasteiger partial charge is 0.338 e. The molecule has 5 nitrogen and oxygen atoms in total. The molecule has 1 aliphatic rings. The van der Waals surface area contributed by atoms with Crippen molar-refractivity contribution in [3.63, 3.8) is 0 Å². The zero-order valence-corrected chi connectivity index (χ0v) is 15.2. The van der Waals surface area contributed by atoms with Gasteiger partial charge in [-0.3, -0.25) is 0 Å². The molecular formula is C20H22O5S. The highest BCUT2D eigenvalue weighted by atomic mass is 32.2. The highest BCUT2D eigenvalue weighted by Gasteiger charge is 2.45. The Balaban J connectivity index is 1.81. The highest BCUT2D eigenvalue weighted by Crippen LogP contribution is 2.37. The maximum absolute atomic E-state index is 12.5. The standard InChI is InChI=1S/C20H22O5S/c1-13-17(22)16(12-21)24-20(26-15-10-6-3-7-11-15)18(13)25-19(23)14-8-4-2-5-9-14/h2-11,13,16-18,20-22H,12H2,1H3/t13-,16?,17+,18?,20-/m0/s1. The zero-order valence-electron chi connectivity index (χ0n) is 14.4. The molecule has 5 atom stereocenters. The van der Waals surface area contributed by atoms with Gasteiger partial charge in [0.15, 0.2) is 0 Å². The first kappa shape index (κ1) is 18.9. The summed E-state index contributed by atoms with van der Waals surface area (Å²) >= 11 is 1.41. The normalized spacial score (nSPS) is 28.5. The second kappa shape index (κ2) is 8.68. The number of ether oxygens (including phenoxy) is 2. The summed E-state index contributed by atoms with van der Waals surface area (Å²) in [5.74, 6) is -0.839. The van der Waals surface area contributed by atoms with E-state index in [4.69, 9.17) is 9.47 Å². The van der Waals surface area contributed by atoms with E-state index in [0.29, 0.717) is 5.56 Å². The third-order valence-electron chi connectivity index (χ3n) is 4.44. The molecule has 1 heterocycles. The average Bonchev–Trinajstić information content (AvgIpc) is 2.68. The first-order chi connectivity index (χ1) is 12.6. The predicted molar refractivity (Wildman–Crippen MR) is 98.9 cm³/mol. The number of benzene rings is 2. The molecule has 26 heavy (non-hydrogen) atoms. The fraction of sp³-hybridized carbons (Fsp3) is 0.350. The number of hydrogen-bond acceptors (Lipinski definition) is 6. The lowest BCUT2D eigenvalue weighted by atomic mass is 9.91. The Bertz CT molecular complexity index is 709. The largest absolute Gasteiger partial charge is 0.455 e. The fourth-order valence-corrected chi connectivity index (χ4v) is 4.14. The topological polar surface area (TPSA) is 76.0 Å². The van der Waals surface area contributed by atoms with E-state index in [1.807, 2.05) is 36.4 Å². The molecule has 1 fully saturated rings. The Hall–Kier alpha value is -1.86. The second-order valence-electron chi connectivity index (χ2n) is 6.24. The van der Waals surface area contributed by atoms with Crippen LogP contribution in [0.2, 0.25) is 0 Å². The molecule has 2 aromatic rings. The molecule has 6 heteroatoms. The molecule has 0 aliphatic carbocycles. The van der Waals surface area contributed by atoms with Crippen molar-refractivity contribution in [2.75, 3.05) is 6.61 Å². The summed E-state index contributed by atoms with van der Waals surface area (Å²) in [6, 6.07) is 18.4. The minimum Gasteiger partial charge on any atom is -0.455 e. The van der Waals surface area contributed by atoms with Crippen molar-refractivity contribution in [2.45, 2.75) is 35.6 Å². The molecule has 2 aromatic carbocycles. The van der Waals surface area contributed by atoms with Crippen molar-refractivity contribution in [1.29, 1.82) is 0 Å². The van der Waals surface area contributed by atoms with E-state index in [0.717, 1.165) is 4.90 Å². The molecule has 1 aliphatic heterocycles. The predicted octanol–water partition coefficient (Wildman–Crippen LogP) is 2.72. The van der Waals surface area contributed by atoms with Crippen LogP contribution in [0.3, 0.4) is 0 Å². The van der Waals surface area contributed by atoms with Gasteiger partial charge in [0, 0.05) is 10.8 Å². The molecule has 3 rings (SSSR count).